The van der Waals surface area contributed by atoms with Crippen LogP contribution in [0.5, 0.6) is 5.75 Å². The number of ether oxygens (including phenoxy) is 1. The Morgan fingerprint density at radius 1 is 1.52 bits per heavy atom. The Kier molecular flexibility index (Phi) is 5.20. The zero-order chi connectivity index (χ0) is 15.2. The SMILES string of the molecule is COc1ccc(C#CCN)cc1CN1CCNC(=O)C1C. The first kappa shape index (κ1) is 15.4. The summed E-state index contributed by atoms with van der Waals surface area (Å²) >= 11 is 0. The van der Waals surface area contributed by atoms with Gasteiger partial charge in [0.05, 0.1) is 19.7 Å². The summed E-state index contributed by atoms with van der Waals surface area (Å²) in [7, 11) is 1.65. The third-order valence-electron chi connectivity index (χ3n) is 3.61. The second kappa shape index (κ2) is 7.11. The highest BCUT2D eigenvalue weighted by atomic mass is 16.5. The van der Waals surface area contributed by atoms with Gasteiger partial charge in [-0.3, -0.25) is 9.69 Å². The Balaban J connectivity index is 2.22. The zero-order valence-corrected chi connectivity index (χ0v) is 12.5. The summed E-state index contributed by atoms with van der Waals surface area (Å²) in [5, 5.41) is 2.87. The highest BCUT2D eigenvalue weighted by Gasteiger charge is 2.25. The van der Waals surface area contributed by atoms with Crippen molar-refractivity contribution in [3.8, 4) is 17.6 Å². The molecule has 1 amide bonds. The second-order valence-corrected chi connectivity index (χ2v) is 4.97. The molecule has 5 nitrogen and oxygen atoms in total. The third kappa shape index (κ3) is 3.75. The molecule has 0 spiro atoms. The smallest absolute Gasteiger partial charge is 0.237 e. The molecule has 0 aliphatic carbocycles. The van der Waals surface area contributed by atoms with Gasteiger partial charge in [0.2, 0.25) is 5.91 Å². The fourth-order valence-electron chi connectivity index (χ4n) is 2.40. The molecule has 5 heteroatoms. The molecule has 0 bridgehead atoms. The maximum atomic E-state index is 11.7. The molecular weight excluding hydrogens is 266 g/mol. The van der Waals surface area contributed by atoms with E-state index < -0.39 is 0 Å². The molecule has 1 aliphatic rings. The van der Waals surface area contributed by atoms with Crippen LogP contribution in [-0.2, 0) is 11.3 Å². The Bertz CT molecular complexity index is 575. The van der Waals surface area contributed by atoms with Crippen molar-refractivity contribution in [3.63, 3.8) is 0 Å². The van der Waals surface area contributed by atoms with Gasteiger partial charge in [0.1, 0.15) is 5.75 Å². The van der Waals surface area contributed by atoms with Crippen LogP contribution in [-0.4, -0.2) is 43.6 Å². The van der Waals surface area contributed by atoms with Crippen LogP contribution in [0.3, 0.4) is 0 Å². The molecule has 1 heterocycles. The molecule has 1 unspecified atom stereocenters. The summed E-state index contributed by atoms with van der Waals surface area (Å²) in [6.07, 6.45) is 0. The van der Waals surface area contributed by atoms with Gasteiger partial charge in [0, 0.05) is 30.8 Å². The van der Waals surface area contributed by atoms with Gasteiger partial charge in [-0.25, -0.2) is 0 Å². The molecule has 1 aliphatic heterocycles. The molecule has 3 N–H and O–H groups in total. The number of nitrogens with zero attached hydrogens (tertiary/aromatic N) is 1. The first-order chi connectivity index (χ1) is 10.2. The van der Waals surface area contributed by atoms with Crippen molar-refractivity contribution >= 4 is 5.91 Å². The van der Waals surface area contributed by atoms with Gasteiger partial charge in [0.25, 0.3) is 0 Å². The average Bonchev–Trinajstić information content (AvgIpc) is 2.50. The lowest BCUT2D eigenvalue weighted by Gasteiger charge is -2.33. The van der Waals surface area contributed by atoms with Crippen molar-refractivity contribution in [2.45, 2.75) is 19.5 Å². The number of hydrogen-bond acceptors (Lipinski definition) is 4. The molecule has 21 heavy (non-hydrogen) atoms. The monoisotopic (exact) mass is 287 g/mol. The van der Waals surface area contributed by atoms with Crippen LogP contribution >= 0.6 is 0 Å². The molecule has 1 saturated heterocycles. The van der Waals surface area contributed by atoms with E-state index in [2.05, 4.69) is 22.1 Å². The molecule has 0 radical (unpaired) electrons. The molecule has 1 aromatic rings. The Hall–Kier alpha value is -2.03. The van der Waals surface area contributed by atoms with Crippen molar-refractivity contribution in [1.82, 2.24) is 10.2 Å². The number of piperazine rings is 1. The summed E-state index contributed by atoms with van der Waals surface area (Å²) < 4.78 is 5.41. The van der Waals surface area contributed by atoms with Gasteiger partial charge >= 0.3 is 0 Å². The Morgan fingerprint density at radius 2 is 2.33 bits per heavy atom. The minimum atomic E-state index is -0.137. The van der Waals surface area contributed by atoms with Crippen LogP contribution in [0.2, 0.25) is 0 Å². The van der Waals surface area contributed by atoms with E-state index in [-0.39, 0.29) is 11.9 Å². The van der Waals surface area contributed by atoms with Crippen LogP contribution in [0.1, 0.15) is 18.1 Å². The molecule has 0 aromatic heterocycles. The number of carbonyl (C=O) groups excluding carboxylic acids is 1. The topological polar surface area (TPSA) is 67.6 Å². The zero-order valence-electron chi connectivity index (χ0n) is 12.5. The van der Waals surface area contributed by atoms with Crippen LogP contribution < -0.4 is 15.8 Å². The predicted octanol–water partition coefficient (Wildman–Crippen LogP) is 0.326. The van der Waals surface area contributed by atoms with Crippen molar-refractivity contribution in [3.05, 3.63) is 29.3 Å². The minimum absolute atomic E-state index is 0.0688. The van der Waals surface area contributed by atoms with Gasteiger partial charge in [-0.2, -0.15) is 0 Å². The molecule has 2 rings (SSSR count). The number of nitrogens with two attached hydrogens (primary N) is 1. The summed E-state index contributed by atoms with van der Waals surface area (Å²) in [6.45, 7) is 4.42. The largest absolute Gasteiger partial charge is 0.496 e. The van der Waals surface area contributed by atoms with E-state index in [0.717, 1.165) is 23.4 Å². The van der Waals surface area contributed by atoms with Gasteiger partial charge in [-0.05, 0) is 25.1 Å². The molecule has 1 atom stereocenters. The normalized spacial score (nSPS) is 18.6. The quantitative estimate of drug-likeness (QED) is 0.786. The van der Waals surface area contributed by atoms with Crippen LogP contribution in [0.4, 0.5) is 0 Å². The van der Waals surface area contributed by atoms with Crippen LogP contribution in [0, 0.1) is 11.8 Å². The van der Waals surface area contributed by atoms with Gasteiger partial charge in [-0.15, -0.1) is 0 Å². The van der Waals surface area contributed by atoms with Crippen LogP contribution in [0.25, 0.3) is 0 Å². The van der Waals surface area contributed by atoms with Gasteiger partial charge in [-0.1, -0.05) is 11.8 Å². The van der Waals surface area contributed by atoms with E-state index in [1.54, 1.807) is 7.11 Å². The number of benzene rings is 1. The lowest BCUT2D eigenvalue weighted by atomic mass is 10.1. The van der Waals surface area contributed by atoms with Crippen molar-refractivity contribution < 1.29 is 9.53 Å². The summed E-state index contributed by atoms with van der Waals surface area (Å²) in [4.78, 5) is 13.9. The number of rotatable bonds is 3. The van der Waals surface area contributed by atoms with Gasteiger partial charge < -0.3 is 15.8 Å². The van der Waals surface area contributed by atoms with Crippen molar-refractivity contribution in [2.75, 3.05) is 26.7 Å². The van der Waals surface area contributed by atoms with Crippen molar-refractivity contribution in [2.24, 2.45) is 5.73 Å². The second-order valence-electron chi connectivity index (χ2n) is 4.97. The molecule has 1 aromatic carbocycles. The maximum Gasteiger partial charge on any atom is 0.237 e. The van der Waals surface area contributed by atoms with Crippen molar-refractivity contribution in [1.29, 1.82) is 0 Å². The third-order valence-corrected chi connectivity index (χ3v) is 3.61. The molecule has 0 saturated carbocycles. The van der Waals surface area contributed by atoms with E-state index >= 15 is 0 Å². The molecule has 112 valence electrons. The number of nitrogens with one attached hydrogen (secondary N) is 1. The highest BCUT2D eigenvalue weighted by molar-refractivity contribution is 5.82. The first-order valence-corrected chi connectivity index (χ1v) is 7.03. The Labute approximate surface area is 125 Å². The summed E-state index contributed by atoms with van der Waals surface area (Å²) in [6, 6.07) is 5.69. The maximum absolute atomic E-state index is 11.7. The lowest BCUT2D eigenvalue weighted by molar-refractivity contribution is -0.128. The number of amides is 1. The minimum Gasteiger partial charge on any atom is -0.496 e. The average molecular weight is 287 g/mol. The van der Waals surface area contributed by atoms with Gasteiger partial charge in [0.15, 0.2) is 0 Å². The number of hydrogen-bond donors (Lipinski definition) is 2. The number of carbonyl (C=O) groups is 1. The van der Waals surface area contributed by atoms with E-state index in [1.165, 1.54) is 0 Å². The standard InChI is InChI=1S/C16H21N3O2/c1-12-16(20)18-8-9-19(12)11-14-10-13(4-3-7-17)5-6-15(14)21-2/h5-6,10,12H,7-9,11,17H2,1-2H3,(H,18,20). The molecule has 1 fully saturated rings. The Morgan fingerprint density at radius 3 is 3.05 bits per heavy atom. The summed E-state index contributed by atoms with van der Waals surface area (Å²) in [5.41, 5.74) is 7.34. The van der Waals surface area contributed by atoms with E-state index in [1.807, 2.05) is 25.1 Å². The van der Waals surface area contributed by atoms with Crippen LogP contribution in [0.15, 0.2) is 18.2 Å². The fourth-order valence-corrected chi connectivity index (χ4v) is 2.40. The predicted molar refractivity (Wildman–Crippen MR) is 81.8 cm³/mol. The van der Waals surface area contributed by atoms with E-state index in [0.29, 0.717) is 19.6 Å². The van der Waals surface area contributed by atoms with E-state index in [4.69, 9.17) is 10.5 Å². The first-order valence-electron chi connectivity index (χ1n) is 7.03. The lowest BCUT2D eigenvalue weighted by Crippen LogP contribution is -2.53. The summed E-state index contributed by atoms with van der Waals surface area (Å²) in [5.74, 6) is 6.75. The number of methoxy groups -OCH3 is 1. The van der Waals surface area contributed by atoms with E-state index in [9.17, 15) is 4.79 Å². The highest BCUT2D eigenvalue weighted by Crippen LogP contribution is 2.22. The fraction of sp³-hybridized carbons (Fsp3) is 0.438. The molecular formula is C16H21N3O2.